The molecule has 9 nitrogen and oxygen atoms in total. The first-order valence-electron chi connectivity index (χ1n) is 11.1. The number of amides is 2. The molecule has 0 saturated heterocycles. The summed E-state index contributed by atoms with van der Waals surface area (Å²) >= 11 is 1.35. The molecule has 0 atom stereocenters. The summed E-state index contributed by atoms with van der Waals surface area (Å²) in [7, 11) is 0. The van der Waals surface area contributed by atoms with Crippen LogP contribution in [0.3, 0.4) is 0 Å². The van der Waals surface area contributed by atoms with Crippen molar-refractivity contribution in [1.29, 1.82) is 5.26 Å². The van der Waals surface area contributed by atoms with Crippen molar-refractivity contribution < 1.29 is 14.3 Å². The Morgan fingerprint density at radius 1 is 1.32 bits per heavy atom. The van der Waals surface area contributed by atoms with Crippen LogP contribution in [0.4, 0.5) is 9.80 Å². The molecule has 34 heavy (non-hydrogen) atoms. The number of nitriles is 1. The predicted molar refractivity (Wildman–Crippen MR) is 127 cm³/mol. The van der Waals surface area contributed by atoms with Gasteiger partial charge < -0.3 is 19.5 Å². The Morgan fingerprint density at radius 2 is 2.18 bits per heavy atom. The number of nitrogens with one attached hydrogen (secondary N) is 1. The summed E-state index contributed by atoms with van der Waals surface area (Å²) in [5.41, 5.74) is 3.17. The molecular weight excluding hydrogens is 452 g/mol. The monoisotopic (exact) mass is 478 g/mol. The van der Waals surface area contributed by atoms with Gasteiger partial charge in [0, 0.05) is 35.9 Å². The van der Waals surface area contributed by atoms with E-state index in [1.807, 2.05) is 42.8 Å². The molecule has 1 aliphatic rings. The zero-order chi connectivity index (χ0) is 24.1. The van der Waals surface area contributed by atoms with E-state index in [0.29, 0.717) is 43.0 Å². The van der Waals surface area contributed by atoms with E-state index in [1.54, 1.807) is 11.1 Å². The van der Waals surface area contributed by atoms with Crippen molar-refractivity contribution in [2.75, 3.05) is 18.5 Å². The number of fused-ring (bicyclic) bond motifs is 1. The summed E-state index contributed by atoms with van der Waals surface area (Å²) in [4.78, 5) is 36.2. The van der Waals surface area contributed by atoms with E-state index >= 15 is 0 Å². The third-order valence-corrected chi connectivity index (χ3v) is 6.80. The second kappa shape index (κ2) is 10.5. The fourth-order valence-corrected chi connectivity index (χ4v) is 5.19. The zero-order valence-corrected chi connectivity index (χ0v) is 20.0. The van der Waals surface area contributed by atoms with Crippen molar-refractivity contribution >= 4 is 28.3 Å². The predicted octanol–water partition coefficient (Wildman–Crippen LogP) is 3.59. The normalized spacial score (nSPS) is 12.7. The minimum absolute atomic E-state index is 0.165. The number of aryl methyl sites for hydroxylation is 3. The van der Waals surface area contributed by atoms with Crippen LogP contribution in [0, 0.1) is 25.2 Å². The van der Waals surface area contributed by atoms with Crippen LogP contribution in [-0.4, -0.2) is 44.6 Å². The number of ether oxygens (including phenoxy) is 1. The van der Waals surface area contributed by atoms with Crippen LogP contribution in [-0.2, 0) is 35.5 Å². The van der Waals surface area contributed by atoms with Gasteiger partial charge in [-0.2, -0.15) is 5.26 Å². The van der Waals surface area contributed by atoms with Crippen LogP contribution < -0.4 is 5.32 Å². The van der Waals surface area contributed by atoms with E-state index in [-0.39, 0.29) is 25.0 Å². The first kappa shape index (κ1) is 23.4. The van der Waals surface area contributed by atoms with Crippen LogP contribution in [0.5, 0.6) is 0 Å². The Kier molecular flexibility index (Phi) is 7.23. The number of carbonyl (C=O) groups is 2. The van der Waals surface area contributed by atoms with Crippen LogP contribution in [0.2, 0.25) is 0 Å². The van der Waals surface area contributed by atoms with Gasteiger partial charge in [0.2, 0.25) is 5.91 Å². The summed E-state index contributed by atoms with van der Waals surface area (Å²) in [6, 6.07) is 7.82. The molecule has 0 spiro atoms. The third-order valence-electron chi connectivity index (χ3n) is 5.67. The maximum Gasteiger partial charge on any atom is 0.410 e. The molecule has 2 amide bonds. The lowest BCUT2D eigenvalue weighted by Crippen LogP contribution is -2.36. The van der Waals surface area contributed by atoms with E-state index in [2.05, 4.69) is 21.4 Å². The number of anilines is 1. The molecular formula is C24H26N6O3S. The van der Waals surface area contributed by atoms with Crippen molar-refractivity contribution in [3.05, 3.63) is 63.8 Å². The average Bonchev–Trinajstić information content (AvgIpc) is 3.35. The first-order chi connectivity index (χ1) is 16.4. The quantitative estimate of drug-likeness (QED) is 0.555. The number of imidazole rings is 1. The Morgan fingerprint density at radius 3 is 2.88 bits per heavy atom. The van der Waals surface area contributed by atoms with Crippen LogP contribution in [0.1, 0.15) is 39.6 Å². The van der Waals surface area contributed by atoms with Crippen LogP contribution in [0.25, 0.3) is 0 Å². The number of carbonyl (C=O) groups excluding carboxylic acids is 2. The molecule has 3 aromatic rings. The molecule has 176 valence electrons. The van der Waals surface area contributed by atoms with Gasteiger partial charge >= 0.3 is 6.09 Å². The summed E-state index contributed by atoms with van der Waals surface area (Å²) in [5.74, 6) is 0.718. The number of pyridine rings is 1. The van der Waals surface area contributed by atoms with Crippen LogP contribution >= 0.6 is 11.3 Å². The second-order valence-corrected chi connectivity index (χ2v) is 9.20. The van der Waals surface area contributed by atoms with Gasteiger partial charge in [-0.15, -0.1) is 11.3 Å². The highest BCUT2D eigenvalue weighted by Gasteiger charge is 2.28. The van der Waals surface area contributed by atoms with Crippen molar-refractivity contribution in [1.82, 2.24) is 19.4 Å². The number of rotatable bonds is 7. The topological polar surface area (TPSA) is 113 Å². The Labute approximate surface area is 202 Å². The van der Waals surface area contributed by atoms with E-state index in [0.717, 1.165) is 27.7 Å². The summed E-state index contributed by atoms with van der Waals surface area (Å²) in [5, 5.41) is 13.1. The minimum atomic E-state index is -0.381. The van der Waals surface area contributed by atoms with Gasteiger partial charge in [-0.1, -0.05) is 6.07 Å². The molecule has 10 heteroatoms. The molecule has 4 heterocycles. The number of hydrogen-bond donors (Lipinski definition) is 1. The van der Waals surface area contributed by atoms with Crippen LogP contribution in [0.15, 0.2) is 30.6 Å². The van der Waals surface area contributed by atoms with E-state index in [4.69, 9.17) is 4.74 Å². The maximum atomic E-state index is 12.6. The van der Waals surface area contributed by atoms with Gasteiger partial charge in [0.25, 0.3) is 0 Å². The standard InChI is InChI=1S/C24H26N6O3S/c1-16-14-29(17(2)27-16)11-12-33-24(32)30-10-8-19-20(13-25)23(34-21(19)15-30)28-22(31)7-6-18-5-3-4-9-26-18/h3-5,9,14H,6-8,10-12,15H2,1-2H3,(H,28,31). The molecule has 1 aliphatic heterocycles. The zero-order valence-electron chi connectivity index (χ0n) is 19.2. The van der Waals surface area contributed by atoms with Crippen molar-refractivity contribution in [2.45, 2.75) is 46.2 Å². The average molecular weight is 479 g/mol. The lowest BCUT2D eigenvalue weighted by atomic mass is 10.0. The van der Waals surface area contributed by atoms with E-state index in [1.165, 1.54) is 11.3 Å². The largest absolute Gasteiger partial charge is 0.448 e. The molecule has 3 aromatic heterocycles. The maximum absolute atomic E-state index is 12.6. The minimum Gasteiger partial charge on any atom is -0.448 e. The summed E-state index contributed by atoms with van der Waals surface area (Å²) in [6.45, 7) is 5.47. The van der Waals surface area contributed by atoms with Gasteiger partial charge in [0.15, 0.2) is 0 Å². The Balaban J connectivity index is 1.33. The lowest BCUT2D eigenvalue weighted by Gasteiger charge is -2.26. The van der Waals surface area contributed by atoms with Crippen molar-refractivity contribution in [3.8, 4) is 6.07 Å². The third kappa shape index (κ3) is 5.43. The SMILES string of the molecule is Cc1cn(CCOC(=O)N2CCc3c(sc(NC(=O)CCc4ccccn4)c3C#N)C2)c(C)n1. The smallest absolute Gasteiger partial charge is 0.410 e. The number of thiophene rings is 1. The fourth-order valence-electron chi connectivity index (χ4n) is 3.96. The molecule has 0 fully saturated rings. The first-order valence-corrected chi connectivity index (χ1v) is 11.9. The Hall–Kier alpha value is -3.71. The number of aromatic nitrogens is 3. The highest BCUT2D eigenvalue weighted by atomic mass is 32.1. The molecule has 0 unspecified atom stereocenters. The highest BCUT2D eigenvalue weighted by molar-refractivity contribution is 7.16. The van der Waals surface area contributed by atoms with Gasteiger partial charge in [-0.05, 0) is 44.4 Å². The van der Waals surface area contributed by atoms with Gasteiger partial charge in [-0.3, -0.25) is 9.78 Å². The number of nitrogens with zero attached hydrogens (tertiary/aromatic N) is 5. The molecule has 0 saturated carbocycles. The molecule has 4 rings (SSSR count). The molecule has 0 bridgehead atoms. The van der Waals surface area contributed by atoms with E-state index < -0.39 is 0 Å². The molecule has 0 radical (unpaired) electrons. The second-order valence-electron chi connectivity index (χ2n) is 8.10. The summed E-state index contributed by atoms with van der Waals surface area (Å²) < 4.78 is 7.43. The van der Waals surface area contributed by atoms with Gasteiger partial charge in [-0.25, -0.2) is 9.78 Å². The number of hydrogen-bond acceptors (Lipinski definition) is 7. The molecule has 0 aromatic carbocycles. The Bertz CT molecular complexity index is 1230. The summed E-state index contributed by atoms with van der Waals surface area (Å²) in [6.07, 6.45) is 4.60. The van der Waals surface area contributed by atoms with E-state index in [9.17, 15) is 14.9 Å². The van der Waals surface area contributed by atoms with Gasteiger partial charge in [0.1, 0.15) is 23.5 Å². The fraction of sp³-hybridized carbons (Fsp3) is 0.375. The lowest BCUT2D eigenvalue weighted by molar-refractivity contribution is -0.116. The molecule has 0 aliphatic carbocycles. The van der Waals surface area contributed by atoms with Crippen molar-refractivity contribution in [2.24, 2.45) is 0 Å². The van der Waals surface area contributed by atoms with Gasteiger partial charge in [0.05, 0.1) is 24.3 Å². The highest BCUT2D eigenvalue weighted by Crippen LogP contribution is 2.36. The molecule has 1 N–H and O–H groups in total. The van der Waals surface area contributed by atoms with Crippen molar-refractivity contribution in [3.63, 3.8) is 0 Å².